The Labute approximate surface area is 196 Å². The molecular formula is C25H38N2O4S. The van der Waals surface area contributed by atoms with Crippen molar-refractivity contribution in [2.45, 2.75) is 77.5 Å². The summed E-state index contributed by atoms with van der Waals surface area (Å²) < 4.78 is 5.30. The quantitative estimate of drug-likeness (QED) is 0.470. The Morgan fingerprint density at radius 1 is 1.03 bits per heavy atom. The molecule has 2 rings (SSSR count). The second-order valence-electron chi connectivity index (χ2n) is 9.09. The maximum absolute atomic E-state index is 13.1. The van der Waals surface area contributed by atoms with Crippen LogP contribution in [0.4, 0.5) is 4.79 Å². The smallest absolute Gasteiger partial charge is 0.408 e. The van der Waals surface area contributed by atoms with Gasteiger partial charge in [0, 0.05) is 0 Å². The van der Waals surface area contributed by atoms with Crippen LogP contribution in [0, 0.1) is 11.8 Å². The highest BCUT2D eigenvalue weighted by atomic mass is 32.2. The number of carbonyl (C=O) groups excluding carboxylic acids is 3. The average molecular weight is 463 g/mol. The molecule has 0 spiro atoms. The molecule has 0 unspecified atom stereocenters. The van der Waals surface area contributed by atoms with Crippen LogP contribution in [0.3, 0.4) is 0 Å². The van der Waals surface area contributed by atoms with E-state index in [9.17, 15) is 14.4 Å². The van der Waals surface area contributed by atoms with E-state index in [0.717, 1.165) is 18.4 Å². The Bertz CT molecular complexity index is 720. The number of nitrogens with one attached hydrogen (secondary N) is 2. The van der Waals surface area contributed by atoms with Crippen LogP contribution in [0.15, 0.2) is 30.3 Å². The SMILES string of the molecule is CSCC(=O)[C@H](CC1CCCCC1)NC(=O)[C@H](CC(C)C)NC(=O)OCc1ccccc1. The number of hydrogen-bond donors (Lipinski definition) is 2. The van der Waals surface area contributed by atoms with Gasteiger partial charge in [-0.15, -0.1) is 0 Å². The summed E-state index contributed by atoms with van der Waals surface area (Å²) in [5.41, 5.74) is 0.878. The van der Waals surface area contributed by atoms with Crippen molar-refractivity contribution < 1.29 is 19.1 Å². The molecule has 1 saturated carbocycles. The molecule has 0 aromatic heterocycles. The third kappa shape index (κ3) is 9.63. The highest BCUT2D eigenvalue weighted by molar-refractivity contribution is 7.99. The lowest BCUT2D eigenvalue weighted by molar-refractivity contribution is -0.128. The summed E-state index contributed by atoms with van der Waals surface area (Å²) in [6.07, 6.45) is 8.25. The minimum atomic E-state index is -0.741. The van der Waals surface area contributed by atoms with E-state index in [2.05, 4.69) is 10.6 Å². The summed E-state index contributed by atoms with van der Waals surface area (Å²) >= 11 is 1.47. The molecule has 178 valence electrons. The molecule has 1 aromatic rings. The summed E-state index contributed by atoms with van der Waals surface area (Å²) in [5, 5.41) is 5.67. The van der Waals surface area contributed by atoms with Gasteiger partial charge in [0.15, 0.2) is 5.78 Å². The van der Waals surface area contributed by atoms with Gasteiger partial charge in [0.25, 0.3) is 0 Å². The van der Waals surface area contributed by atoms with Gasteiger partial charge in [0.05, 0.1) is 11.8 Å². The lowest BCUT2D eigenvalue weighted by Gasteiger charge is -2.28. The van der Waals surface area contributed by atoms with E-state index < -0.39 is 18.2 Å². The standard InChI is InChI=1S/C25H38N2O4S/c1-18(2)14-22(27-25(30)31-16-20-12-8-5-9-13-20)24(29)26-21(23(28)17-32-3)15-19-10-6-4-7-11-19/h5,8-9,12-13,18-19,21-22H,4,6-7,10-11,14-17H2,1-3H3,(H,26,29)(H,27,30)/t21-,22-/m0/s1. The molecule has 1 aliphatic rings. The fraction of sp³-hybridized carbons (Fsp3) is 0.640. The number of rotatable bonds is 12. The van der Waals surface area contributed by atoms with Crippen molar-refractivity contribution in [1.29, 1.82) is 0 Å². The molecule has 7 heteroatoms. The first-order valence-corrected chi connectivity index (χ1v) is 13.1. The molecule has 0 bridgehead atoms. The van der Waals surface area contributed by atoms with E-state index in [1.54, 1.807) is 0 Å². The largest absolute Gasteiger partial charge is 0.445 e. The minimum Gasteiger partial charge on any atom is -0.445 e. The van der Waals surface area contributed by atoms with Gasteiger partial charge in [-0.3, -0.25) is 9.59 Å². The Balaban J connectivity index is 1.98. The second kappa shape index (κ2) is 14.2. The van der Waals surface area contributed by atoms with Crippen LogP contribution in [0.1, 0.15) is 64.4 Å². The number of benzene rings is 1. The number of ether oxygens (including phenoxy) is 1. The van der Waals surface area contributed by atoms with Gasteiger partial charge in [0.1, 0.15) is 12.6 Å². The van der Waals surface area contributed by atoms with Crippen LogP contribution in [-0.4, -0.2) is 41.9 Å². The van der Waals surface area contributed by atoms with E-state index >= 15 is 0 Å². The fourth-order valence-electron chi connectivity index (χ4n) is 4.15. The molecule has 1 aromatic carbocycles. The lowest BCUT2D eigenvalue weighted by Crippen LogP contribution is -2.52. The zero-order valence-corrected chi connectivity index (χ0v) is 20.4. The fourth-order valence-corrected chi connectivity index (χ4v) is 4.64. The third-order valence-electron chi connectivity index (χ3n) is 5.81. The van der Waals surface area contributed by atoms with Crippen molar-refractivity contribution in [3.8, 4) is 0 Å². The Kier molecular flexibility index (Phi) is 11.6. The Hall–Kier alpha value is -2.02. The van der Waals surface area contributed by atoms with Crippen molar-refractivity contribution in [2.24, 2.45) is 11.8 Å². The normalized spacial score (nSPS) is 16.2. The predicted octanol–water partition coefficient (Wildman–Crippen LogP) is 4.71. The van der Waals surface area contributed by atoms with Crippen molar-refractivity contribution >= 4 is 29.5 Å². The maximum atomic E-state index is 13.1. The number of hydrogen-bond acceptors (Lipinski definition) is 5. The minimum absolute atomic E-state index is 0.0476. The molecule has 1 fully saturated rings. The van der Waals surface area contributed by atoms with Gasteiger partial charge in [-0.1, -0.05) is 76.3 Å². The zero-order valence-electron chi connectivity index (χ0n) is 19.6. The van der Waals surface area contributed by atoms with Gasteiger partial charge < -0.3 is 15.4 Å². The molecule has 2 N–H and O–H groups in total. The van der Waals surface area contributed by atoms with Crippen LogP contribution >= 0.6 is 11.8 Å². The lowest BCUT2D eigenvalue weighted by atomic mass is 9.84. The van der Waals surface area contributed by atoms with Crippen molar-refractivity contribution in [3.63, 3.8) is 0 Å². The van der Waals surface area contributed by atoms with Gasteiger partial charge in [-0.2, -0.15) is 11.8 Å². The van der Waals surface area contributed by atoms with Gasteiger partial charge >= 0.3 is 6.09 Å². The number of alkyl carbamates (subject to hydrolysis) is 1. The van der Waals surface area contributed by atoms with Gasteiger partial charge in [-0.05, 0) is 36.5 Å². The van der Waals surface area contributed by atoms with E-state index in [1.807, 2.05) is 50.4 Å². The number of amides is 2. The topological polar surface area (TPSA) is 84.5 Å². The van der Waals surface area contributed by atoms with Crippen molar-refractivity contribution in [1.82, 2.24) is 10.6 Å². The monoisotopic (exact) mass is 462 g/mol. The average Bonchev–Trinajstić information content (AvgIpc) is 2.78. The highest BCUT2D eigenvalue weighted by Gasteiger charge is 2.29. The molecule has 6 nitrogen and oxygen atoms in total. The summed E-state index contributed by atoms with van der Waals surface area (Å²) in [6, 6.07) is 8.16. The van der Waals surface area contributed by atoms with Crippen LogP contribution in [0.2, 0.25) is 0 Å². The molecule has 32 heavy (non-hydrogen) atoms. The zero-order chi connectivity index (χ0) is 23.3. The Morgan fingerprint density at radius 2 is 1.72 bits per heavy atom. The number of ketones is 1. The summed E-state index contributed by atoms with van der Waals surface area (Å²) in [4.78, 5) is 38.2. The van der Waals surface area contributed by atoms with Crippen LogP contribution < -0.4 is 10.6 Å². The molecule has 0 heterocycles. The van der Waals surface area contributed by atoms with E-state index in [0.29, 0.717) is 24.5 Å². The van der Waals surface area contributed by atoms with Gasteiger partial charge in [0.2, 0.25) is 5.91 Å². The van der Waals surface area contributed by atoms with Crippen molar-refractivity contribution in [2.75, 3.05) is 12.0 Å². The molecule has 0 saturated heterocycles. The van der Waals surface area contributed by atoms with E-state index in [-0.39, 0.29) is 24.2 Å². The predicted molar refractivity (Wildman–Crippen MR) is 130 cm³/mol. The Morgan fingerprint density at radius 3 is 2.34 bits per heavy atom. The molecule has 1 aliphatic carbocycles. The summed E-state index contributed by atoms with van der Waals surface area (Å²) in [5.74, 6) is 0.766. The molecule has 0 radical (unpaired) electrons. The van der Waals surface area contributed by atoms with Crippen molar-refractivity contribution in [3.05, 3.63) is 35.9 Å². The second-order valence-corrected chi connectivity index (χ2v) is 9.95. The number of carbonyl (C=O) groups is 3. The first kappa shape index (κ1) is 26.2. The number of Topliss-reactive ketones (excluding diaryl/α,β-unsaturated/α-hetero) is 1. The molecule has 0 aliphatic heterocycles. The number of thioether (sulfide) groups is 1. The first-order valence-electron chi connectivity index (χ1n) is 11.7. The summed E-state index contributed by atoms with van der Waals surface area (Å²) in [7, 11) is 0. The third-order valence-corrected chi connectivity index (χ3v) is 6.39. The van der Waals surface area contributed by atoms with Crippen LogP contribution in [0.25, 0.3) is 0 Å². The maximum Gasteiger partial charge on any atom is 0.408 e. The van der Waals surface area contributed by atoms with Crippen LogP contribution in [-0.2, 0) is 20.9 Å². The molecular weight excluding hydrogens is 424 g/mol. The highest BCUT2D eigenvalue weighted by Crippen LogP contribution is 2.27. The first-order chi connectivity index (χ1) is 15.4. The molecule has 2 amide bonds. The van der Waals surface area contributed by atoms with Crippen LogP contribution in [0.5, 0.6) is 0 Å². The van der Waals surface area contributed by atoms with Gasteiger partial charge in [-0.25, -0.2) is 4.79 Å². The summed E-state index contributed by atoms with van der Waals surface area (Å²) in [6.45, 7) is 4.13. The molecule has 2 atom stereocenters. The van der Waals surface area contributed by atoms with E-state index in [1.165, 1.54) is 31.0 Å². The van der Waals surface area contributed by atoms with E-state index in [4.69, 9.17) is 4.74 Å².